The van der Waals surface area contributed by atoms with E-state index in [1.807, 2.05) is 30.3 Å². The van der Waals surface area contributed by atoms with Gasteiger partial charge in [-0.1, -0.05) is 18.2 Å². The standard InChI is InChI=1S/C15H15NO2/c17-15(11-6-9-18-10-7-11)13-3-1-5-14-12(13)4-2-8-16-14/h1-5,8,11H,6-7,9-10H2. The minimum absolute atomic E-state index is 0.101. The van der Waals surface area contributed by atoms with Crippen LogP contribution in [0, 0.1) is 5.92 Å². The van der Waals surface area contributed by atoms with Crippen LogP contribution < -0.4 is 0 Å². The number of ether oxygens (including phenoxy) is 1. The number of fused-ring (bicyclic) bond motifs is 1. The fourth-order valence-corrected chi connectivity index (χ4v) is 2.50. The smallest absolute Gasteiger partial charge is 0.166 e. The van der Waals surface area contributed by atoms with Crippen LogP contribution in [-0.2, 0) is 4.74 Å². The lowest BCUT2D eigenvalue weighted by molar-refractivity contribution is 0.0546. The molecule has 18 heavy (non-hydrogen) atoms. The van der Waals surface area contributed by atoms with Crippen LogP contribution in [0.25, 0.3) is 10.9 Å². The maximum absolute atomic E-state index is 12.5. The number of carbonyl (C=O) groups is 1. The molecule has 3 rings (SSSR count). The summed E-state index contributed by atoms with van der Waals surface area (Å²) in [6, 6.07) is 9.60. The maximum atomic E-state index is 12.5. The van der Waals surface area contributed by atoms with E-state index in [9.17, 15) is 4.79 Å². The molecule has 0 aliphatic carbocycles. The van der Waals surface area contributed by atoms with Gasteiger partial charge in [-0.3, -0.25) is 9.78 Å². The number of pyridine rings is 1. The molecule has 2 heterocycles. The van der Waals surface area contributed by atoms with Crippen LogP contribution in [0.4, 0.5) is 0 Å². The molecule has 1 aromatic carbocycles. The molecule has 0 radical (unpaired) electrons. The highest BCUT2D eigenvalue weighted by atomic mass is 16.5. The van der Waals surface area contributed by atoms with E-state index in [-0.39, 0.29) is 11.7 Å². The minimum Gasteiger partial charge on any atom is -0.381 e. The summed E-state index contributed by atoms with van der Waals surface area (Å²) in [5.74, 6) is 0.335. The third-order valence-corrected chi connectivity index (χ3v) is 3.50. The topological polar surface area (TPSA) is 39.2 Å². The van der Waals surface area contributed by atoms with Gasteiger partial charge in [0.25, 0.3) is 0 Å². The average molecular weight is 241 g/mol. The van der Waals surface area contributed by atoms with Gasteiger partial charge in [0, 0.05) is 36.3 Å². The van der Waals surface area contributed by atoms with Crippen LogP contribution in [0.15, 0.2) is 36.5 Å². The third-order valence-electron chi connectivity index (χ3n) is 3.50. The summed E-state index contributed by atoms with van der Waals surface area (Å²) in [7, 11) is 0. The summed E-state index contributed by atoms with van der Waals surface area (Å²) in [6.45, 7) is 1.39. The van der Waals surface area contributed by atoms with Crippen LogP contribution in [0.1, 0.15) is 23.2 Å². The van der Waals surface area contributed by atoms with E-state index >= 15 is 0 Å². The number of rotatable bonds is 2. The van der Waals surface area contributed by atoms with Crippen LogP contribution in [-0.4, -0.2) is 24.0 Å². The molecule has 0 spiro atoms. The molecule has 2 aromatic rings. The predicted octanol–water partition coefficient (Wildman–Crippen LogP) is 2.84. The summed E-state index contributed by atoms with van der Waals surface area (Å²) in [5, 5.41) is 0.955. The molecule has 1 aromatic heterocycles. The first-order valence-electron chi connectivity index (χ1n) is 6.32. The van der Waals surface area contributed by atoms with Crippen molar-refractivity contribution < 1.29 is 9.53 Å². The molecule has 0 bridgehead atoms. The molecule has 1 saturated heterocycles. The number of aromatic nitrogens is 1. The van der Waals surface area contributed by atoms with Crippen molar-refractivity contribution in [3.63, 3.8) is 0 Å². The summed E-state index contributed by atoms with van der Waals surface area (Å²) in [6.07, 6.45) is 3.41. The van der Waals surface area contributed by atoms with Crippen molar-refractivity contribution in [1.29, 1.82) is 0 Å². The molecule has 0 amide bonds. The highest BCUT2D eigenvalue weighted by Crippen LogP contribution is 2.24. The molecular formula is C15H15NO2. The molecule has 1 aliphatic rings. The van der Waals surface area contributed by atoms with Crippen molar-refractivity contribution in [1.82, 2.24) is 4.98 Å². The highest BCUT2D eigenvalue weighted by molar-refractivity contribution is 6.08. The Kier molecular flexibility index (Phi) is 3.07. The average Bonchev–Trinajstić information content (AvgIpc) is 2.47. The molecule has 0 N–H and O–H groups in total. The second kappa shape index (κ2) is 4.86. The number of carbonyl (C=O) groups excluding carboxylic acids is 1. The van der Waals surface area contributed by atoms with Crippen molar-refractivity contribution in [2.24, 2.45) is 5.92 Å². The van der Waals surface area contributed by atoms with Gasteiger partial charge < -0.3 is 4.74 Å². The second-order valence-corrected chi connectivity index (χ2v) is 4.63. The zero-order valence-corrected chi connectivity index (χ0v) is 10.1. The largest absolute Gasteiger partial charge is 0.381 e. The summed E-state index contributed by atoms with van der Waals surface area (Å²) in [5.41, 5.74) is 1.68. The van der Waals surface area contributed by atoms with E-state index in [2.05, 4.69) is 4.98 Å². The lowest BCUT2D eigenvalue weighted by atomic mass is 9.89. The Hall–Kier alpha value is -1.74. The molecule has 1 aliphatic heterocycles. The Labute approximate surface area is 106 Å². The van der Waals surface area contributed by atoms with Crippen LogP contribution in [0.2, 0.25) is 0 Å². The van der Waals surface area contributed by atoms with E-state index in [0.717, 1.165) is 29.3 Å². The van der Waals surface area contributed by atoms with Crippen LogP contribution >= 0.6 is 0 Å². The van der Waals surface area contributed by atoms with Crippen molar-refractivity contribution >= 4 is 16.7 Å². The Morgan fingerprint density at radius 1 is 1.17 bits per heavy atom. The molecule has 0 unspecified atom stereocenters. The van der Waals surface area contributed by atoms with Gasteiger partial charge in [-0.15, -0.1) is 0 Å². The van der Waals surface area contributed by atoms with Gasteiger partial charge in [0.1, 0.15) is 0 Å². The van der Waals surface area contributed by atoms with E-state index in [4.69, 9.17) is 4.74 Å². The fourth-order valence-electron chi connectivity index (χ4n) is 2.50. The molecular weight excluding hydrogens is 226 g/mol. The first-order valence-corrected chi connectivity index (χ1v) is 6.32. The second-order valence-electron chi connectivity index (χ2n) is 4.63. The molecule has 0 atom stereocenters. The lowest BCUT2D eigenvalue weighted by Gasteiger charge is -2.21. The molecule has 1 fully saturated rings. The van der Waals surface area contributed by atoms with Gasteiger partial charge in [0.15, 0.2) is 5.78 Å². The van der Waals surface area contributed by atoms with E-state index in [0.29, 0.717) is 13.2 Å². The van der Waals surface area contributed by atoms with Gasteiger partial charge in [0.05, 0.1) is 5.52 Å². The maximum Gasteiger partial charge on any atom is 0.166 e. The summed E-state index contributed by atoms with van der Waals surface area (Å²) >= 11 is 0. The molecule has 0 saturated carbocycles. The Morgan fingerprint density at radius 3 is 2.83 bits per heavy atom. The summed E-state index contributed by atoms with van der Waals surface area (Å²) in [4.78, 5) is 16.8. The third kappa shape index (κ3) is 2.02. The number of ketones is 1. The number of nitrogens with zero attached hydrogens (tertiary/aromatic N) is 1. The van der Waals surface area contributed by atoms with Gasteiger partial charge in [0.2, 0.25) is 0 Å². The van der Waals surface area contributed by atoms with Gasteiger partial charge in [-0.05, 0) is 25.0 Å². The van der Waals surface area contributed by atoms with E-state index in [1.165, 1.54) is 0 Å². The van der Waals surface area contributed by atoms with Crippen molar-refractivity contribution in [3.8, 4) is 0 Å². The van der Waals surface area contributed by atoms with Crippen LogP contribution in [0.5, 0.6) is 0 Å². The first-order chi connectivity index (χ1) is 8.86. The Balaban J connectivity index is 2.00. The Bertz CT molecular complexity index is 568. The van der Waals surface area contributed by atoms with Gasteiger partial charge >= 0.3 is 0 Å². The quantitative estimate of drug-likeness (QED) is 0.759. The SMILES string of the molecule is O=C(c1cccc2ncccc12)C1CCOCC1. The monoisotopic (exact) mass is 241 g/mol. The van der Waals surface area contributed by atoms with Crippen molar-refractivity contribution in [2.45, 2.75) is 12.8 Å². The number of hydrogen-bond donors (Lipinski definition) is 0. The van der Waals surface area contributed by atoms with E-state index in [1.54, 1.807) is 6.20 Å². The zero-order valence-electron chi connectivity index (χ0n) is 10.1. The first kappa shape index (κ1) is 11.4. The summed E-state index contributed by atoms with van der Waals surface area (Å²) < 4.78 is 5.31. The predicted molar refractivity (Wildman–Crippen MR) is 69.6 cm³/mol. The molecule has 92 valence electrons. The van der Waals surface area contributed by atoms with Gasteiger partial charge in [-0.2, -0.15) is 0 Å². The van der Waals surface area contributed by atoms with Crippen LogP contribution in [0.3, 0.4) is 0 Å². The number of benzene rings is 1. The van der Waals surface area contributed by atoms with E-state index < -0.39 is 0 Å². The molecule has 3 heteroatoms. The van der Waals surface area contributed by atoms with Crippen molar-refractivity contribution in [3.05, 3.63) is 42.1 Å². The minimum atomic E-state index is 0.101. The number of Topliss-reactive ketones (excluding diaryl/α,β-unsaturated/α-hetero) is 1. The van der Waals surface area contributed by atoms with Crippen molar-refractivity contribution in [2.75, 3.05) is 13.2 Å². The normalized spacial score (nSPS) is 16.9. The highest BCUT2D eigenvalue weighted by Gasteiger charge is 2.23. The Morgan fingerprint density at radius 2 is 2.00 bits per heavy atom. The lowest BCUT2D eigenvalue weighted by Crippen LogP contribution is -2.23. The fraction of sp³-hybridized carbons (Fsp3) is 0.333. The number of hydrogen-bond acceptors (Lipinski definition) is 3. The zero-order chi connectivity index (χ0) is 12.4. The van der Waals surface area contributed by atoms with Gasteiger partial charge in [-0.25, -0.2) is 0 Å². The molecule has 3 nitrogen and oxygen atoms in total.